The van der Waals surface area contributed by atoms with Crippen molar-refractivity contribution in [1.82, 2.24) is 15.1 Å². The van der Waals surface area contributed by atoms with Gasteiger partial charge in [-0.1, -0.05) is 15.9 Å². The van der Waals surface area contributed by atoms with E-state index in [1.54, 1.807) is 0 Å². The number of nitrogens with one attached hydrogen (secondary N) is 1. The number of halogens is 1. The third-order valence-corrected chi connectivity index (χ3v) is 3.57. The lowest BCUT2D eigenvalue weighted by Gasteiger charge is -2.25. The Morgan fingerprint density at radius 2 is 2.18 bits per heavy atom. The van der Waals surface area contributed by atoms with Gasteiger partial charge in [0.05, 0.1) is 24.4 Å². The second-order valence-corrected chi connectivity index (χ2v) is 5.17. The van der Waals surface area contributed by atoms with Gasteiger partial charge >= 0.3 is 0 Å². The Kier molecular flexibility index (Phi) is 3.13. The second kappa shape index (κ2) is 4.76. The smallest absolute Gasteiger partial charge is 0.0925 e. The summed E-state index contributed by atoms with van der Waals surface area (Å²) in [5.41, 5.74) is 2.21. The highest BCUT2D eigenvalue weighted by Crippen LogP contribution is 2.22. The van der Waals surface area contributed by atoms with Crippen molar-refractivity contribution in [2.75, 3.05) is 26.3 Å². The third-order valence-electron chi connectivity index (χ3n) is 3.08. The molecule has 0 saturated carbocycles. The number of aromatic nitrogens is 2. The first kappa shape index (κ1) is 11.2. The van der Waals surface area contributed by atoms with E-state index in [9.17, 15) is 0 Å². The number of hydrogen-bond acceptors (Lipinski definition) is 3. The molecule has 1 fully saturated rings. The van der Waals surface area contributed by atoms with Gasteiger partial charge < -0.3 is 4.74 Å². The molecule has 5 heteroatoms. The summed E-state index contributed by atoms with van der Waals surface area (Å²) in [6.07, 6.45) is 0. The number of nitrogens with zero attached hydrogens (tertiary/aromatic N) is 2. The van der Waals surface area contributed by atoms with E-state index in [0.717, 1.165) is 42.8 Å². The van der Waals surface area contributed by atoms with Gasteiger partial charge in [-0.05, 0) is 18.2 Å². The molecule has 0 amide bonds. The van der Waals surface area contributed by atoms with Crippen molar-refractivity contribution in [2.24, 2.45) is 0 Å². The maximum absolute atomic E-state index is 5.35. The van der Waals surface area contributed by atoms with Crippen LogP contribution < -0.4 is 0 Å². The molecule has 1 aromatic heterocycles. The fraction of sp³-hybridized carbons (Fsp3) is 0.417. The molecule has 2 heterocycles. The zero-order valence-electron chi connectivity index (χ0n) is 9.45. The van der Waals surface area contributed by atoms with E-state index in [1.807, 2.05) is 12.1 Å². The highest BCUT2D eigenvalue weighted by atomic mass is 79.9. The van der Waals surface area contributed by atoms with Gasteiger partial charge in [-0.25, -0.2) is 0 Å². The summed E-state index contributed by atoms with van der Waals surface area (Å²) < 4.78 is 6.44. The molecule has 0 unspecified atom stereocenters. The minimum absolute atomic E-state index is 0.829. The molecule has 0 spiro atoms. The molecule has 1 aromatic carbocycles. The van der Waals surface area contributed by atoms with Crippen LogP contribution in [0.15, 0.2) is 22.7 Å². The van der Waals surface area contributed by atoms with E-state index in [2.05, 4.69) is 37.1 Å². The monoisotopic (exact) mass is 295 g/mol. The standard InChI is InChI=1S/C12H14BrN3O/c13-9-1-2-11-10(7-9)12(15-14-11)8-16-3-5-17-6-4-16/h1-2,7H,3-6,8H2,(H,14,15). The third kappa shape index (κ3) is 2.36. The number of H-pyrrole nitrogens is 1. The molecule has 90 valence electrons. The molecule has 4 nitrogen and oxygen atoms in total. The summed E-state index contributed by atoms with van der Waals surface area (Å²) >= 11 is 3.50. The van der Waals surface area contributed by atoms with E-state index in [1.165, 1.54) is 11.1 Å². The van der Waals surface area contributed by atoms with E-state index < -0.39 is 0 Å². The lowest BCUT2D eigenvalue weighted by molar-refractivity contribution is 0.0338. The summed E-state index contributed by atoms with van der Waals surface area (Å²) in [6, 6.07) is 6.16. The lowest BCUT2D eigenvalue weighted by Crippen LogP contribution is -2.35. The van der Waals surface area contributed by atoms with Crippen LogP contribution in [0.3, 0.4) is 0 Å². The van der Waals surface area contributed by atoms with Gasteiger partial charge in [0.1, 0.15) is 0 Å². The summed E-state index contributed by atoms with van der Waals surface area (Å²) in [5.74, 6) is 0. The van der Waals surface area contributed by atoms with Crippen molar-refractivity contribution in [3.05, 3.63) is 28.4 Å². The zero-order valence-corrected chi connectivity index (χ0v) is 11.0. The van der Waals surface area contributed by atoms with Gasteiger partial charge in [0.2, 0.25) is 0 Å². The second-order valence-electron chi connectivity index (χ2n) is 4.25. The van der Waals surface area contributed by atoms with E-state index >= 15 is 0 Å². The molecule has 3 rings (SSSR count). The first-order valence-corrected chi connectivity index (χ1v) is 6.55. The molecule has 1 N–H and O–H groups in total. The predicted molar refractivity (Wildman–Crippen MR) is 69.9 cm³/mol. The van der Waals surface area contributed by atoms with Gasteiger partial charge in [-0.3, -0.25) is 10.00 Å². The molecular weight excluding hydrogens is 282 g/mol. The van der Waals surface area contributed by atoms with E-state index in [4.69, 9.17) is 4.74 Å². The summed E-state index contributed by atoms with van der Waals surface area (Å²) in [6.45, 7) is 4.56. The quantitative estimate of drug-likeness (QED) is 0.923. The van der Waals surface area contributed by atoms with Crippen LogP contribution in [0.2, 0.25) is 0 Å². The van der Waals surface area contributed by atoms with Gasteiger partial charge in [0, 0.05) is 29.5 Å². The molecule has 17 heavy (non-hydrogen) atoms. The number of rotatable bonds is 2. The first-order valence-electron chi connectivity index (χ1n) is 5.75. The topological polar surface area (TPSA) is 41.2 Å². The number of morpholine rings is 1. The largest absolute Gasteiger partial charge is 0.379 e. The molecule has 2 aromatic rings. The van der Waals surface area contributed by atoms with E-state index in [0.29, 0.717) is 0 Å². The summed E-state index contributed by atoms with van der Waals surface area (Å²) in [7, 11) is 0. The van der Waals surface area contributed by atoms with Crippen LogP contribution in [0.1, 0.15) is 5.69 Å². The van der Waals surface area contributed by atoms with Crippen LogP contribution >= 0.6 is 15.9 Å². The number of fused-ring (bicyclic) bond motifs is 1. The molecule has 0 aliphatic carbocycles. The molecule has 0 radical (unpaired) electrons. The highest BCUT2D eigenvalue weighted by molar-refractivity contribution is 9.10. The predicted octanol–water partition coefficient (Wildman–Crippen LogP) is 2.16. The SMILES string of the molecule is Brc1ccc2n[nH]c(CN3CCOCC3)c2c1. The van der Waals surface area contributed by atoms with Gasteiger partial charge in [-0.2, -0.15) is 5.10 Å². The Hall–Kier alpha value is -0.910. The number of aromatic amines is 1. The highest BCUT2D eigenvalue weighted by Gasteiger charge is 2.13. The average Bonchev–Trinajstić information content (AvgIpc) is 2.73. The Bertz CT molecular complexity index is 519. The maximum Gasteiger partial charge on any atom is 0.0925 e. The van der Waals surface area contributed by atoms with Crippen molar-refractivity contribution in [3.63, 3.8) is 0 Å². The van der Waals surface area contributed by atoms with Gasteiger partial charge in [-0.15, -0.1) is 0 Å². The Labute approximate surface area is 108 Å². The van der Waals surface area contributed by atoms with Crippen LogP contribution in [-0.2, 0) is 11.3 Å². The average molecular weight is 296 g/mol. The summed E-state index contributed by atoms with van der Waals surface area (Å²) in [4.78, 5) is 2.39. The Morgan fingerprint density at radius 3 is 3.00 bits per heavy atom. The minimum Gasteiger partial charge on any atom is -0.379 e. The fourth-order valence-corrected chi connectivity index (χ4v) is 2.50. The number of hydrogen-bond donors (Lipinski definition) is 1. The van der Waals surface area contributed by atoms with Crippen molar-refractivity contribution < 1.29 is 4.74 Å². The van der Waals surface area contributed by atoms with Gasteiger partial charge in [0.25, 0.3) is 0 Å². The van der Waals surface area contributed by atoms with Crippen LogP contribution in [0.25, 0.3) is 10.9 Å². The van der Waals surface area contributed by atoms with Gasteiger partial charge in [0.15, 0.2) is 0 Å². The van der Waals surface area contributed by atoms with Crippen molar-refractivity contribution >= 4 is 26.8 Å². The van der Waals surface area contributed by atoms with Crippen molar-refractivity contribution in [2.45, 2.75) is 6.54 Å². The molecule has 1 saturated heterocycles. The van der Waals surface area contributed by atoms with Crippen molar-refractivity contribution in [1.29, 1.82) is 0 Å². The minimum atomic E-state index is 0.829. The van der Waals surface area contributed by atoms with Crippen LogP contribution in [-0.4, -0.2) is 41.4 Å². The number of benzene rings is 1. The molecular formula is C12H14BrN3O. The van der Waals surface area contributed by atoms with Crippen molar-refractivity contribution in [3.8, 4) is 0 Å². The Morgan fingerprint density at radius 1 is 1.35 bits per heavy atom. The molecule has 0 atom stereocenters. The molecule has 1 aliphatic rings. The lowest BCUT2D eigenvalue weighted by atomic mass is 10.2. The van der Waals surface area contributed by atoms with Crippen LogP contribution in [0.4, 0.5) is 0 Å². The maximum atomic E-state index is 5.35. The molecule has 0 bridgehead atoms. The molecule has 1 aliphatic heterocycles. The normalized spacial score (nSPS) is 17.7. The zero-order chi connectivity index (χ0) is 11.7. The fourth-order valence-electron chi connectivity index (χ4n) is 2.14. The van der Waals surface area contributed by atoms with Crippen LogP contribution in [0.5, 0.6) is 0 Å². The Balaban J connectivity index is 1.86. The summed E-state index contributed by atoms with van der Waals surface area (Å²) in [5, 5.41) is 8.66. The number of ether oxygens (including phenoxy) is 1. The van der Waals surface area contributed by atoms with E-state index in [-0.39, 0.29) is 0 Å². The first-order chi connectivity index (χ1) is 8.33. The van der Waals surface area contributed by atoms with Crippen LogP contribution in [0, 0.1) is 0 Å².